The second-order valence-corrected chi connectivity index (χ2v) is 20.8. The lowest BCUT2D eigenvalue weighted by Gasteiger charge is -2.44. The maximum Gasteiger partial charge on any atom is 0.319 e. The number of imide groups is 2. The van der Waals surface area contributed by atoms with Crippen molar-refractivity contribution in [3.8, 4) is 22.8 Å². The number of primary amides is 1. The van der Waals surface area contributed by atoms with Gasteiger partial charge in [-0.3, -0.25) is 34.2 Å². The number of hydrogen-bond acceptors (Lipinski definition) is 11. The van der Waals surface area contributed by atoms with Crippen LogP contribution < -0.4 is 26.0 Å². The summed E-state index contributed by atoms with van der Waals surface area (Å²) in [4.78, 5) is 87.6. The summed E-state index contributed by atoms with van der Waals surface area (Å²) in [5.41, 5.74) is 9.39. The highest BCUT2D eigenvalue weighted by molar-refractivity contribution is 6.23. The molecule has 0 spiro atoms. The molecule has 7 aliphatic rings. The van der Waals surface area contributed by atoms with Crippen LogP contribution >= 0.6 is 0 Å². The standard InChI is InChI=1S/C54H64N10O7/c55-49(66)47-48(37-6-9-41(10-7-37)71-40-4-2-1-3-5-40)58-64-44(14-23-56-50(47)64)36-19-28-59(29-20-36)38-21-30-62(31-22-38)54(70)61-26-17-35(18-27-61)32-34-15-24-60(25-16-34)39-8-11-42-43(33-39)53(69)63(52(42)68)45-12-13-46(65)57-51(45)67/h1-11,33-36,38,44-45,56H,12-32H2,(H2,55,66)(H,57,65,67)/t44-,45?/m0/s1. The monoisotopic (exact) mass is 964 g/mol. The number of hydrogen-bond donors (Lipinski definition) is 3. The number of ether oxygens (including phenoxy) is 1. The van der Waals surface area contributed by atoms with Gasteiger partial charge in [0.25, 0.3) is 17.7 Å². The van der Waals surface area contributed by atoms with Gasteiger partial charge in [-0.2, -0.15) is 5.10 Å². The maximum absolute atomic E-state index is 13.8. The van der Waals surface area contributed by atoms with E-state index >= 15 is 0 Å². The SMILES string of the molecule is NC(=O)c1c(-c2ccc(Oc3ccccc3)cc2)nn2c1NCC[C@H]2C1CCN(C2CCN(C(=O)N3CCC(CC4CCN(c5ccc6c(c5)C(=O)N(C5CCC(=O)NC5=O)C6=O)CC4)CC3)CC2)CC1. The van der Waals surface area contributed by atoms with Crippen LogP contribution in [-0.2, 0) is 9.59 Å². The fourth-order valence-corrected chi connectivity index (χ4v) is 12.7. The summed E-state index contributed by atoms with van der Waals surface area (Å²) in [6, 6.07) is 22.5. The van der Waals surface area contributed by atoms with E-state index in [4.69, 9.17) is 15.6 Å². The van der Waals surface area contributed by atoms with Crippen molar-refractivity contribution in [1.29, 1.82) is 0 Å². The largest absolute Gasteiger partial charge is 0.457 e. The highest BCUT2D eigenvalue weighted by Gasteiger charge is 2.45. The van der Waals surface area contributed by atoms with Crippen LogP contribution in [0, 0.1) is 17.8 Å². The number of aromatic nitrogens is 2. The van der Waals surface area contributed by atoms with Gasteiger partial charge in [0.05, 0.1) is 17.2 Å². The van der Waals surface area contributed by atoms with E-state index in [0.29, 0.717) is 57.7 Å². The minimum absolute atomic E-state index is 0.0930. The molecule has 5 fully saturated rings. The molecular weight excluding hydrogens is 901 g/mol. The van der Waals surface area contributed by atoms with E-state index < -0.39 is 29.7 Å². The molecular formula is C54H64N10O7. The molecule has 17 nitrogen and oxygen atoms in total. The van der Waals surface area contributed by atoms with Crippen molar-refractivity contribution < 1.29 is 33.5 Å². The van der Waals surface area contributed by atoms with Crippen LogP contribution in [0.4, 0.5) is 16.3 Å². The fourth-order valence-electron chi connectivity index (χ4n) is 12.7. The molecule has 1 unspecified atom stereocenters. The first-order chi connectivity index (χ1) is 34.6. The van der Waals surface area contributed by atoms with Gasteiger partial charge < -0.3 is 35.4 Å². The van der Waals surface area contributed by atoms with E-state index in [1.807, 2.05) is 65.3 Å². The Labute approximate surface area is 414 Å². The lowest BCUT2D eigenvalue weighted by Crippen LogP contribution is -2.54. The number of urea groups is 1. The third-order valence-electron chi connectivity index (χ3n) is 16.6. The molecule has 4 N–H and O–H groups in total. The third-order valence-corrected chi connectivity index (χ3v) is 16.6. The fraction of sp³-hybridized carbons (Fsp3) is 0.500. The normalized spacial score (nSPS) is 23.1. The summed E-state index contributed by atoms with van der Waals surface area (Å²) in [6.07, 6.45) is 10.6. The van der Waals surface area contributed by atoms with Crippen LogP contribution in [0.2, 0.25) is 0 Å². The van der Waals surface area contributed by atoms with Gasteiger partial charge in [-0.05, 0) is 156 Å². The topological polar surface area (TPSA) is 196 Å². The van der Waals surface area contributed by atoms with Crippen LogP contribution in [0.3, 0.4) is 0 Å². The lowest BCUT2D eigenvalue weighted by molar-refractivity contribution is -0.136. The Balaban J connectivity index is 0.614. The van der Waals surface area contributed by atoms with Crippen LogP contribution in [0.15, 0.2) is 72.8 Å². The van der Waals surface area contributed by atoms with Gasteiger partial charge in [0.2, 0.25) is 11.8 Å². The van der Waals surface area contributed by atoms with Gasteiger partial charge in [0, 0.05) is 69.5 Å². The number of nitrogens with one attached hydrogen (secondary N) is 2. The van der Waals surface area contributed by atoms with E-state index in [2.05, 4.69) is 30.2 Å². The Kier molecular flexibility index (Phi) is 13.0. The first-order valence-electron chi connectivity index (χ1n) is 25.9. The molecule has 372 valence electrons. The molecule has 0 saturated carbocycles. The molecule has 0 aliphatic carbocycles. The second kappa shape index (κ2) is 19.8. The van der Waals surface area contributed by atoms with Gasteiger partial charge in [0.1, 0.15) is 34.6 Å². The number of carbonyl (C=O) groups is 6. The highest BCUT2D eigenvalue weighted by Crippen LogP contribution is 2.41. The number of amides is 7. The number of nitrogens with two attached hydrogens (primary N) is 1. The number of para-hydroxylation sites is 1. The lowest BCUT2D eigenvalue weighted by atomic mass is 9.82. The molecule has 4 aromatic rings. The van der Waals surface area contributed by atoms with Gasteiger partial charge in [-0.1, -0.05) is 18.2 Å². The average Bonchev–Trinajstić information content (AvgIpc) is 3.91. The van der Waals surface area contributed by atoms with Gasteiger partial charge in [0.15, 0.2) is 0 Å². The molecule has 2 atom stereocenters. The van der Waals surface area contributed by atoms with Crippen molar-refractivity contribution in [3.63, 3.8) is 0 Å². The summed E-state index contributed by atoms with van der Waals surface area (Å²) < 4.78 is 8.04. The summed E-state index contributed by atoms with van der Waals surface area (Å²) >= 11 is 0. The number of nitrogens with zero attached hydrogens (tertiary/aromatic N) is 7. The van der Waals surface area contributed by atoms with E-state index in [1.165, 1.54) is 0 Å². The zero-order chi connectivity index (χ0) is 48.8. The van der Waals surface area contributed by atoms with Crippen molar-refractivity contribution in [2.45, 2.75) is 95.2 Å². The summed E-state index contributed by atoms with van der Waals surface area (Å²) in [5, 5.41) is 10.8. The van der Waals surface area contributed by atoms with Gasteiger partial charge in [-0.15, -0.1) is 0 Å². The van der Waals surface area contributed by atoms with Crippen LogP contribution in [0.1, 0.15) is 114 Å². The van der Waals surface area contributed by atoms with Crippen molar-refractivity contribution >= 4 is 47.1 Å². The molecule has 3 aromatic carbocycles. The Hall–Kier alpha value is -6.75. The molecule has 71 heavy (non-hydrogen) atoms. The summed E-state index contributed by atoms with van der Waals surface area (Å²) in [6.45, 7) is 7.70. The number of benzene rings is 3. The van der Waals surface area contributed by atoms with Crippen LogP contribution in [0.5, 0.6) is 11.5 Å². The second-order valence-electron chi connectivity index (χ2n) is 20.8. The minimum Gasteiger partial charge on any atom is -0.457 e. The van der Waals surface area contributed by atoms with Crippen molar-refractivity contribution in [1.82, 2.24) is 34.7 Å². The number of rotatable bonds is 10. The molecule has 0 radical (unpaired) electrons. The smallest absolute Gasteiger partial charge is 0.319 e. The molecule has 17 heteroatoms. The predicted molar refractivity (Wildman–Crippen MR) is 266 cm³/mol. The first-order valence-corrected chi connectivity index (χ1v) is 25.9. The van der Waals surface area contributed by atoms with Crippen molar-refractivity contribution in [2.24, 2.45) is 23.5 Å². The summed E-state index contributed by atoms with van der Waals surface area (Å²) in [7, 11) is 0. The van der Waals surface area contributed by atoms with E-state index in [1.54, 1.807) is 12.1 Å². The van der Waals surface area contributed by atoms with Crippen molar-refractivity contribution in [3.05, 3.63) is 89.5 Å². The van der Waals surface area contributed by atoms with Crippen LogP contribution in [0.25, 0.3) is 11.3 Å². The van der Waals surface area contributed by atoms with E-state index in [9.17, 15) is 28.8 Å². The predicted octanol–water partition coefficient (Wildman–Crippen LogP) is 6.51. The molecule has 5 saturated heterocycles. The molecule has 0 bridgehead atoms. The molecule has 8 heterocycles. The Bertz CT molecular complexity index is 2680. The quantitative estimate of drug-likeness (QED) is 0.147. The van der Waals surface area contributed by atoms with E-state index in [0.717, 1.165) is 145 Å². The zero-order valence-corrected chi connectivity index (χ0v) is 40.3. The zero-order valence-electron chi connectivity index (χ0n) is 40.3. The molecule has 1 aromatic heterocycles. The Morgan fingerprint density at radius 2 is 1.34 bits per heavy atom. The van der Waals surface area contributed by atoms with Gasteiger partial charge >= 0.3 is 6.03 Å². The molecule has 7 aliphatic heterocycles. The van der Waals surface area contributed by atoms with Crippen molar-refractivity contribution in [2.75, 3.05) is 69.1 Å². The number of likely N-dealkylation sites (tertiary alicyclic amines) is 3. The Morgan fingerprint density at radius 1 is 0.690 bits per heavy atom. The Morgan fingerprint density at radius 3 is 2.01 bits per heavy atom. The van der Waals surface area contributed by atoms with Gasteiger partial charge in [-0.25, -0.2) is 9.48 Å². The van der Waals surface area contributed by atoms with Crippen LogP contribution in [-0.4, -0.2) is 136 Å². The summed E-state index contributed by atoms with van der Waals surface area (Å²) in [5.74, 6) is 1.35. The minimum atomic E-state index is -0.972. The highest BCUT2D eigenvalue weighted by atomic mass is 16.5. The number of anilines is 2. The first kappa shape index (κ1) is 46.6. The molecule has 11 rings (SSSR count). The third kappa shape index (κ3) is 9.36. The number of fused-ring (bicyclic) bond motifs is 2. The molecule has 7 amide bonds. The maximum atomic E-state index is 13.8. The average molecular weight is 965 g/mol. The number of carbonyl (C=O) groups excluding carboxylic acids is 6. The number of piperidine rings is 5. The van der Waals surface area contributed by atoms with E-state index in [-0.39, 0.29) is 30.8 Å².